The molecule has 0 atom stereocenters. The highest BCUT2D eigenvalue weighted by Crippen LogP contribution is 2.49. The first-order chi connectivity index (χ1) is 15.4. The number of rotatable bonds is 7. The third-order valence-corrected chi connectivity index (χ3v) is 7.71. The van der Waals surface area contributed by atoms with Gasteiger partial charge < -0.3 is 14.5 Å². The largest absolute Gasteiger partial charge is 0.497 e. The summed E-state index contributed by atoms with van der Waals surface area (Å²) in [7, 11) is 6.08. The van der Waals surface area contributed by atoms with Crippen LogP contribution in [0.4, 0.5) is 4.79 Å². The number of nitrogens with zero attached hydrogens (tertiary/aromatic N) is 3. The van der Waals surface area contributed by atoms with Crippen LogP contribution in [-0.2, 0) is 12.1 Å². The van der Waals surface area contributed by atoms with E-state index >= 15 is 0 Å². The van der Waals surface area contributed by atoms with Gasteiger partial charge in [0.1, 0.15) is 5.75 Å². The van der Waals surface area contributed by atoms with Gasteiger partial charge in [-0.2, -0.15) is 0 Å². The molecule has 172 valence electrons. The van der Waals surface area contributed by atoms with Crippen LogP contribution in [0, 0.1) is 0 Å². The summed E-state index contributed by atoms with van der Waals surface area (Å²) < 4.78 is 5.28. The maximum Gasteiger partial charge on any atom is 0.320 e. The number of ether oxygens (including phenoxy) is 1. The number of carbonyl (C=O) groups excluding carboxylic acids is 1. The predicted octanol–water partition coefficient (Wildman–Crippen LogP) is 5.11. The average molecular weight is 436 g/mol. The van der Waals surface area contributed by atoms with Crippen LogP contribution in [0.5, 0.6) is 5.75 Å². The minimum Gasteiger partial charge on any atom is -0.497 e. The Hall–Kier alpha value is -2.53. The van der Waals surface area contributed by atoms with Crippen LogP contribution in [0.2, 0.25) is 0 Å². The van der Waals surface area contributed by atoms with Crippen LogP contribution in [-0.4, -0.2) is 60.6 Å². The van der Waals surface area contributed by atoms with Crippen LogP contribution in [0.1, 0.15) is 50.2 Å². The summed E-state index contributed by atoms with van der Waals surface area (Å²) >= 11 is 0. The van der Waals surface area contributed by atoms with Crippen molar-refractivity contribution in [2.45, 2.75) is 56.7 Å². The number of carbonyl (C=O) groups is 1. The molecule has 0 bridgehead atoms. The average Bonchev–Trinajstić information content (AvgIpc) is 3.06. The molecule has 4 rings (SSSR count). The molecule has 0 aromatic heterocycles. The van der Waals surface area contributed by atoms with Gasteiger partial charge >= 0.3 is 6.03 Å². The molecule has 0 radical (unpaired) electrons. The molecule has 1 saturated heterocycles. The van der Waals surface area contributed by atoms with E-state index in [1.54, 1.807) is 7.11 Å². The summed E-state index contributed by atoms with van der Waals surface area (Å²) in [6.45, 7) is 4.47. The predicted molar refractivity (Wildman–Crippen MR) is 129 cm³/mol. The molecule has 1 spiro atoms. The molecule has 1 heterocycles. The van der Waals surface area contributed by atoms with Crippen molar-refractivity contribution in [3.8, 4) is 5.75 Å². The molecule has 32 heavy (non-hydrogen) atoms. The third-order valence-electron chi connectivity index (χ3n) is 7.71. The van der Waals surface area contributed by atoms with Crippen molar-refractivity contribution < 1.29 is 9.53 Å². The third kappa shape index (κ3) is 3.99. The van der Waals surface area contributed by atoms with Crippen LogP contribution in [0.15, 0.2) is 54.6 Å². The number of methoxy groups -OCH3 is 1. The smallest absolute Gasteiger partial charge is 0.320 e. The van der Waals surface area contributed by atoms with Gasteiger partial charge in [0.15, 0.2) is 0 Å². The molecule has 1 aliphatic carbocycles. The molecule has 5 heteroatoms. The first-order valence-corrected chi connectivity index (χ1v) is 11.9. The highest BCUT2D eigenvalue weighted by molar-refractivity contribution is 5.78. The summed E-state index contributed by atoms with van der Waals surface area (Å²) in [5.74, 6) is 0.846. The zero-order valence-corrected chi connectivity index (χ0v) is 20.0. The number of hydrogen-bond acceptors (Lipinski definition) is 3. The molecule has 1 saturated carbocycles. The van der Waals surface area contributed by atoms with Gasteiger partial charge in [-0.25, -0.2) is 4.79 Å². The molecule has 2 aromatic rings. The van der Waals surface area contributed by atoms with Crippen LogP contribution in [0.3, 0.4) is 0 Å². The van der Waals surface area contributed by atoms with Crippen molar-refractivity contribution >= 4 is 6.03 Å². The van der Waals surface area contributed by atoms with E-state index in [-0.39, 0.29) is 17.1 Å². The monoisotopic (exact) mass is 435 g/mol. The molecule has 2 amide bonds. The standard InChI is InChI=1S/C27H37N3O2/c1-5-19-30-25(31)29(20-22-11-13-24(32-4)14-12-22)21-26(30)15-17-27(18-16-26,28(2)3)23-9-7-6-8-10-23/h6-14H,5,15-21H2,1-4H3. The summed E-state index contributed by atoms with van der Waals surface area (Å²) in [4.78, 5) is 20.1. The summed E-state index contributed by atoms with van der Waals surface area (Å²) in [6, 6.07) is 19.2. The molecule has 2 aromatic carbocycles. The fraction of sp³-hybridized carbons (Fsp3) is 0.519. The van der Waals surface area contributed by atoms with Crippen molar-refractivity contribution in [3.63, 3.8) is 0 Å². The van der Waals surface area contributed by atoms with Gasteiger partial charge in [0.2, 0.25) is 0 Å². The molecule has 2 fully saturated rings. The van der Waals surface area contributed by atoms with E-state index in [0.29, 0.717) is 6.54 Å². The molecular weight excluding hydrogens is 398 g/mol. The van der Waals surface area contributed by atoms with Gasteiger partial charge in [0.05, 0.1) is 12.6 Å². The minimum atomic E-state index is -0.0617. The number of urea groups is 1. The molecule has 0 N–H and O–H groups in total. The Kier molecular flexibility index (Phi) is 6.47. The number of amides is 2. The van der Waals surface area contributed by atoms with Gasteiger partial charge in [0, 0.05) is 25.2 Å². The lowest BCUT2D eigenvalue weighted by Crippen LogP contribution is -2.55. The second kappa shape index (κ2) is 9.14. The second-order valence-electron chi connectivity index (χ2n) is 9.65. The number of benzene rings is 2. The van der Waals surface area contributed by atoms with Crippen molar-refractivity contribution in [1.29, 1.82) is 0 Å². The molecule has 0 unspecified atom stereocenters. The van der Waals surface area contributed by atoms with E-state index in [1.807, 2.05) is 12.1 Å². The van der Waals surface area contributed by atoms with Gasteiger partial charge in [0.25, 0.3) is 0 Å². The van der Waals surface area contributed by atoms with E-state index in [1.165, 1.54) is 5.56 Å². The van der Waals surface area contributed by atoms with Crippen molar-refractivity contribution in [1.82, 2.24) is 14.7 Å². The van der Waals surface area contributed by atoms with Crippen LogP contribution < -0.4 is 4.74 Å². The van der Waals surface area contributed by atoms with E-state index in [9.17, 15) is 4.79 Å². The summed E-state index contributed by atoms with van der Waals surface area (Å²) in [5, 5.41) is 0. The van der Waals surface area contributed by atoms with Gasteiger partial charge in [-0.1, -0.05) is 49.4 Å². The molecule has 5 nitrogen and oxygen atoms in total. The molecular formula is C27H37N3O2. The quantitative estimate of drug-likeness (QED) is 0.606. The van der Waals surface area contributed by atoms with E-state index in [0.717, 1.165) is 56.5 Å². The van der Waals surface area contributed by atoms with Crippen molar-refractivity contribution in [2.75, 3.05) is 34.3 Å². The van der Waals surface area contributed by atoms with Gasteiger partial charge in [-0.3, -0.25) is 4.90 Å². The zero-order chi connectivity index (χ0) is 22.8. The maximum atomic E-state index is 13.5. The van der Waals surface area contributed by atoms with Crippen molar-refractivity contribution in [3.05, 3.63) is 65.7 Å². The highest BCUT2D eigenvalue weighted by atomic mass is 16.5. The van der Waals surface area contributed by atoms with Gasteiger partial charge in [-0.15, -0.1) is 0 Å². The lowest BCUT2D eigenvalue weighted by molar-refractivity contribution is 0.0246. The van der Waals surface area contributed by atoms with Crippen LogP contribution >= 0.6 is 0 Å². The Morgan fingerprint density at radius 2 is 1.62 bits per heavy atom. The van der Waals surface area contributed by atoms with E-state index < -0.39 is 0 Å². The fourth-order valence-electron chi connectivity index (χ4n) is 5.81. The van der Waals surface area contributed by atoms with Gasteiger partial charge in [-0.05, 0) is 69.5 Å². The maximum absolute atomic E-state index is 13.5. The van der Waals surface area contributed by atoms with E-state index in [4.69, 9.17) is 4.74 Å². The molecule has 1 aliphatic heterocycles. The first kappa shape index (κ1) is 22.7. The fourth-order valence-corrected chi connectivity index (χ4v) is 5.81. The Morgan fingerprint density at radius 3 is 2.19 bits per heavy atom. The normalized spacial score (nSPS) is 25.7. The van der Waals surface area contributed by atoms with Crippen molar-refractivity contribution in [2.24, 2.45) is 0 Å². The SMILES string of the molecule is CCCN1C(=O)N(Cc2ccc(OC)cc2)CC12CCC(c1ccccc1)(N(C)C)CC2. The Balaban J connectivity index is 1.55. The minimum absolute atomic E-state index is 0.0385. The number of hydrogen-bond donors (Lipinski definition) is 0. The lowest BCUT2D eigenvalue weighted by Gasteiger charge is -2.51. The zero-order valence-electron chi connectivity index (χ0n) is 20.0. The highest BCUT2D eigenvalue weighted by Gasteiger charge is 2.54. The topological polar surface area (TPSA) is 36.0 Å². The Morgan fingerprint density at radius 1 is 0.969 bits per heavy atom. The van der Waals surface area contributed by atoms with Crippen LogP contribution in [0.25, 0.3) is 0 Å². The summed E-state index contributed by atoms with van der Waals surface area (Å²) in [5.41, 5.74) is 2.52. The first-order valence-electron chi connectivity index (χ1n) is 11.9. The van der Waals surface area contributed by atoms with E-state index in [2.05, 4.69) is 78.2 Å². The second-order valence-corrected chi connectivity index (χ2v) is 9.65. The molecule has 2 aliphatic rings. The Labute approximate surface area is 193 Å². The summed E-state index contributed by atoms with van der Waals surface area (Å²) in [6.07, 6.45) is 5.18. The Bertz CT molecular complexity index is 902. The lowest BCUT2D eigenvalue weighted by atomic mass is 9.68.